The third-order valence-electron chi connectivity index (χ3n) is 2.17. The average molecular weight is 210 g/mol. The topological polar surface area (TPSA) is 68.3 Å². The molecule has 0 bridgehead atoms. The van der Waals surface area contributed by atoms with Gasteiger partial charge < -0.3 is 15.5 Å². The van der Waals surface area contributed by atoms with Crippen LogP contribution < -0.4 is 11.1 Å². The molecule has 0 saturated heterocycles. The number of carbonyl (C=O) groups excluding carboxylic acids is 1. The maximum atomic E-state index is 11.6. The van der Waals surface area contributed by atoms with Gasteiger partial charge in [-0.2, -0.15) is 0 Å². The molecule has 4 nitrogen and oxygen atoms in total. The number of nitrogens with two attached hydrogens (primary N) is 1. The van der Waals surface area contributed by atoms with Crippen LogP contribution in [0.2, 0.25) is 0 Å². The van der Waals surface area contributed by atoms with Crippen LogP contribution in [-0.4, -0.2) is 18.5 Å². The summed E-state index contributed by atoms with van der Waals surface area (Å²) in [5.74, 6) is 1.32. The molecule has 1 amide bonds. The smallest absolute Gasteiger partial charge is 0.254 e. The first-order valence-corrected chi connectivity index (χ1v) is 5.11. The Morgan fingerprint density at radius 3 is 2.73 bits per heavy atom. The summed E-state index contributed by atoms with van der Waals surface area (Å²) in [5.41, 5.74) is 6.19. The highest BCUT2D eigenvalue weighted by Crippen LogP contribution is 2.13. The fraction of sp³-hybridized carbons (Fsp3) is 0.545. The minimum atomic E-state index is -0.0926. The lowest BCUT2D eigenvalue weighted by atomic mass is 10.2. The SMILES string of the molecule is Cc1cc(C(=O)NCCC(C)N)c(C)o1. The second-order valence-electron chi connectivity index (χ2n) is 3.85. The summed E-state index contributed by atoms with van der Waals surface area (Å²) in [6, 6.07) is 1.86. The molecule has 15 heavy (non-hydrogen) atoms. The lowest BCUT2D eigenvalue weighted by molar-refractivity contribution is 0.0951. The lowest BCUT2D eigenvalue weighted by Crippen LogP contribution is -2.29. The predicted octanol–water partition coefficient (Wildman–Crippen LogP) is 1.36. The zero-order valence-electron chi connectivity index (χ0n) is 9.46. The van der Waals surface area contributed by atoms with Gasteiger partial charge in [-0.25, -0.2) is 0 Å². The molecule has 0 aromatic carbocycles. The van der Waals surface area contributed by atoms with E-state index >= 15 is 0 Å². The van der Waals surface area contributed by atoms with Crippen LogP contribution in [0.5, 0.6) is 0 Å². The van der Waals surface area contributed by atoms with Crippen molar-refractivity contribution in [1.82, 2.24) is 5.32 Å². The fourth-order valence-electron chi connectivity index (χ4n) is 1.36. The summed E-state index contributed by atoms with van der Waals surface area (Å²) in [5, 5.41) is 2.81. The second-order valence-corrected chi connectivity index (χ2v) is 3.85. The van der Waals surface area contributed by atoms with Crippen molar-refractivity contribution < 1.29 is 9.21 Å². The van der Waals surface area contributed by atoms with Gasteiger partial charge in [-0.1, -0.05) is 0 Å². The van der Waals surface area contributed by atoms with Crippen molar-refractivity contribution in [2.45, 2.75) is 33.2 Å². The van der Waals surface area contributed by atoms with Gasteiger partial charge in [0.2, 0.25) is 0 Å². The molecule has 0 radical (unpaired) electrons. The fourth-order valence-corrected chi connectivity index (χ4v) is 1.36. The molecule has 1 heterocycles. The highest BCUT2D eigenvalue weighted by molar-refractivity contribution is 5.95. The Bertz CT molecular complexity index is 342. The van der Waals surface area contributed by atoms with Crippen LogP contribution in [-0.2, 0) is 0 Å². The van der Waals surface area contributed by atoms with Gasteiger partial charge in [0.15, 0.2) is 0 Å². The van der Waals surface area contributed by atoms with Crippen molar-refractivity contribution >= 4 is 5.91 Å². The van der Waals surface area contributed by atoms with Crippen LogP contribution in [0.15, 0.2) is 10.5 Å². The van der Waals surface area contributed by atoms with Gasteiger partial charge in [-0.15, -0.1) is 0 Å². The van der Waals surface area contributed by atoms with E-state index in [2.05, 4.69) is 5.32 Å². The number of amides is 1. The molecule has 4 heteroatoms. The van der Waals surface area contributed by atoms with Gasteiger partial charge in [-0.05, 0) is 33.3 Å². The van der Waals surface area contributed by atoms with Gasteiger partial charge in [0, 0.05) is 12.6 Å². The summed E-state index contributed by atoms with van der Waals surface area (Å²) in [4.78, 5) is 11.6. The van der Waals surface area contributed by atoms with Crippen molar-refractivity contribution in [3.63, 3.8) is 0 Å². The number of aryl methyl sites for hydroxylation is 2. The van der Waals surface area contributed by atoms with Gasteiger partial charge in [0.1, 0.15) is 11.5 Å². The van der Waals surface area contributed by atoms with Gasteiger partial charge in [-0.3, -0.25) is 4.79 Å². The molecule has 0 saturated carbocycles. The molecular formula is C11H18N2O2. The average Bonchev–Trinajstić information content (AvgIpc) is 2.44. The zero-order valence-corrected chi connectivity index (χ0v) is 9.46. The van der Waals surface area contributed by atoms with Gasteiger partial charge in [0.25, 0.3) is 5.91 Å². The Hall–Kier alpha value is -1.29. The monoisotopic (exact) mass is 210 g/mol. The van der Waals surface area contributed by atoms with Crippen LogP contribution in [0, 0.1) is 13.8 Å². The Labute approximate surface area is 89.8 Å². The van der Waals surface area contributed by atoms with E-state index in [1.165, 1.54) is 0 Å². The molecule has 84 valence electrons. The highest BCUT2D eigenvalue weighted by atomic mass is 16.3. The summed E-state index contributed by atoms with van der Waals surface area (Å²) in [7, 11) is 0. The summed E-state index contributed by atoms with van der Waals surface area (Å²) in [6.45, 7) is 6.12. The number of furan rings is 1. The highest BCUT2D eigenvalue weighted by Gasteiger charge is 2.12. The van der Waals surface area contributed by atoms with Crippen LogP contribution >= 0.6 is 0 Å². The lowest BCUT2D eigenvalue weighted by Gasteiger charge is -2.06. The molecule has 1 unspecified atom stereocenters. The molecule has 1 atom stereocenters. The van der Waals surface area contributed by atoms with Crippen molar-refractivity contribution in [2.24, 2.45) is 5.73 Å². The van der Waals surface area contributed by atoms with E-state index in [4.69, 9.17) is 10.2 Å². The zero-order chi connectivity index (χ0) is 11.4. The van der Waals surface area contributed by atoms with E-state index in [1.807, 2.05) is 13.8 Å². The van der Waals surface area contributed by atoms with E-state index < -0.39 is 0 Å². The number of rotatable bonds is 4. The van der Waals surface area contributed by atoms with Crippen LogP contribution in [0.25, 0.3) is 0 Å². The molecule has 1 aromatic heterocycles. The van der Waals surface area contributed by atoms with Crippen molar-refractivity contribution in [3.05, 3.63) is 23.2 Å². The number of nitrogens with one attached hydrogen (secondary N) is 1. The van der Waals surface area contributed by atoms with E-state index in [-0.39, 0.29) is 11.9 Å². The third kappa shape index (κ3) is 3.40. The Morgan fingerprint density at radius 2 is 2.27 bits per heavy atom. The Kier molecular flexibility index (Phi) is 3.91. The van der Waals surface area contributed by atoms with Crippen molar-refractivity contribution in [2.75, 3.05) is 6.54 Å². The van der Waals surface area contributed by atoms with Crippen molar-refractivity contribution in [1.29, 1.82) is 0 Å². The molecule has 1 rings (SSSR count). The van der Waals surface area contributed by atoms with E-state index in [9.17, 15) is 4.79 Å². The van der Waals surface area contributed by atoms with Crippen LogP contribution in [0.3, 0.4) is 0 Å². The molecule has 0 aliphatic carbocycles. The number of hydrogen-bond acceptors (Lipinski definition) is 3. The second kappa shape index (κ2) is 4.98. The summed E-state index contributed by atoms with van der Waals surface area (Å²) >= 11 is 0. The maximum Gasteiger partial charge on any atom is 0.254 e. The summed E-state index contributed by atoms with van der Waals surface area (Å²) in [6.07, 6.45) is 0.779. The van der Waals surface area contributed by atoms with Crippen molar-refractivity contribution in [3.8, 4) is 0 Å². The standard InChI is InChI=1S/C11H18N2O2/c1-7(12)4-5-13-11(14)10-6-8(2)15-9(10)3/h6-7H,4-5,12H2,1-3H3,(H,13,14). The van der Waals surface area contributed by atoms with E-state index in [0.29, 0.717) is 17.9 Å². The Balaban J connectivity index is 2.50. The molecule has 1 aromatic rings. The minimum Gasteiger partial charge on any atom is -0.466 e. The van der Waals surface area contributed by atoms with Crippen LogP contribution in [0.1, 0.15) is 35.2 Å². The molecule has 0 aliphatic rings. The van der Waals surface area contributed by atoms with E-state index in [0.717, 1.165) is 12.2 Å². The number of hydrogen-bond donors (Lipinski definition) is 2. The van der Waals surface area contributed by atoms with Gasteiger partial charge in [0.05, 0.1) is 5.56 Å². The van der Waals surface area contributed by atoms with E-state index in [1.54, 1.807) is 13.0 Å². The molecule has 0 aliphatic heterocycles. The largest absolute Gasteiger partial charge is 0.466 e. The molecule has 3 N–H and O–H groups in total. The van der Waals surface area contributed by atoms with Crippen LogP contribution in [0.4, 0.5) is 0 Å². The predicted molar refractivity (Wildman–Crippen MR) is 58.8 cm³/mol. The third-order valence-corrected chi connectivity index (χ3v) is 2.17. The first kappa shape index (κ1) is 11.8. The van der Waals surface area contributed by atoms with Gasteiger partial charge >= 0.3 is 0 Å². The molecular weight excluding hydrogens is 192 g/mol. The minimum absolute atomic E-state index is 0.0926. The first-order valence-electron chi connectivity index (χ1n) is 5.11. The normalized spacial score (nSPS) is 12.5. The number of carbonyl (C=O) groups is 1. The quantitative estimate of drug-likeness (QED) is 0.788. The first-order chi connectivity index (χ1) is 7.00. The molecule has 0 fully saturated rings. The Morgan fingerprint density at radius 1 is 1.60 bits per heavy atom. The maximum absolute atomic E-state index is 11.6. The summed E-state index contributed by atoms with van der Waals surface area (Å²) < 4.78 is 5.28. The molecule has 0 spiro atoms.